The van der Waals surface area contributed by atoms with Crippen molar-refractivity contribution in [2.45, 2.75) is 6.18 Å². The Morgan fingerprint density at radius 3 is 1.91 bits per heavy atom. The van der Waals surface area contributed by atoms with Crippen molar-refractivity contribution in [3.63, 3.8) is 0 Å². The van der Waals surface area contributed by atoms with Crippen molar-refractivity contribution in [1.29, 1.82) is 0 Å². The van der Waals surface area contributed by atoms with Gasteiger partial charge in [0, 0.05) is 0 Å². The highest BCUT2D eigenvalue weighted by Gasteiger charge is 2.31. The molecule has 0 saturated carbocycles. The first kappa shape index (κ1) is 11.8. The smallest absolute Gasteiger partial charge is 0.371 e. The molecule has 0 N–H and O–H groups in total. The Balaban J connectivity index is 3.44. The van der Waals surface area contributed by atoms with E-state index in [1.165, 1.54) is 0 Å². The van der Waals surface area contributed by atoms with Gasteiger partial charge in [-0.2, -0.15) is 13.2 Å². The van der Waals surface area contributed by atoms with Crippen molar-refractivity contribution in [1.82, 2.24) is 0 Å². The van der Waals surface area contributed by atoms with Crippen LogP contribution in [0.2, 0.25) is 0 Å². The normalized spacial score (nSPS) is 13.6. The summed E-state index contributed by atoms with van der Waals surface area (Å²) < 4.78 is 38.3. The predicted octanol–water partition coefficient (Wildman–Crippen LogP) is 2.76. The van der Waals surface area contributed by atoms with Gasteiger partial charge in [-0.15, -0.1) is 33.2 Å². The first-order chi connectivity index (χ1) is 4.71. The molecule has 11 heavy (non-hydrogen) atoms. The lowest BCUT2D eigenvalue weighted by molar-refractivity contribution is -0.169. The van der Waals surface area contributed by atoms with Gasteiger partial charge in [0.1, 0.15) is 6.61 Å². The lowest BCUT2D eigenvalue weighted by atomic mass is 10.7. The van der Waals surface area contributed by atoms with E-state index < -0.39 is 25.0 Å². The number of hydrogen-bond acceptors (Lipinski definition) is 1. The van der Waals surface area contributed by atoms with Gasteiger partial charge in [0.2, 0.25) is 0 Å². The molecule has 0 heterocycles. The van der Waals surface area contributed by atoms with Crippen LogP contribution in [-0.2, 0) is 4.74 Å². The third-order valence-corrected chi connectivity index (χ3v) is 2.04. The molecule has 0 aliphatic heterocycles. The fraction of sp³-hybridized carbons (Fsp3) is 1.00. The minimum Gasteiger partial charge on any atom is -0.371 e. The van der Waals surface area contributed by atoms with Gasteiger partial charge in [0.15, 0.2) is 0 Å². The van der Waals surface area contributed by atoms with Crippen molar-refractivity contribution in [2.75, 3.05) is 12.8 Å². The zero-order valence-corrected chi connectivity index (χ0v) is 8.36. The summed E-state index contributed by atoms with van der Waals surface area (Å²) in [5.74, 6) is 0. The van der Waals surface area contributed by atoms with Crippen LogP contribution in [0.1, 0.15) is 0 Å². The van der Waals surface area contributed by atoms with E-state index in [2.05, 4.69) is 4.74 Å². The maximum absolute atomic E-state index is 11.4. The van der Waals surface area contributed by atoms with Gasteiger partial charge in [-0.3, -0.25) is 0 Å². The van der Waals surface area contributed by atoms with Crippen molar-refractivity contribution in [2.24, 2.45) is 0 Å². The maximum atomic E-state index is 11.4. The van der Waals surface area contributed by atoms with E-state index in [1.54, 1.807) is 0 Å². The van der Waals surface area contributed by atoms with Crippen LogP contribution >= 0.6 is 33.2 Å². The van der Waals surface area contributed by atoms with Crippen molar-refractivity contribution >= 4 is 39.2 Å². The summed E-state index contributed by atoms with van der Waals surface area (Å²) in [4.78, 5) is 0. The highest BCUT2D eigenvalue weighted by atomic mass is 35.8. The Hall–Kier alpha value is 0.837. The fourth-order valence-electron chi connectivity index (χ4n) is 0.282. The summed E-state index contributed by atoms with van der Waals surface area (Å²) in [6.07, 6.45) is -4.79. The second-order valence-electron chi connectivity index (χ2n) is 1.72. The lowest BCUT2D eigenvalue weighted by Crippen LogP contribution is -2.25. The van der Waals surface area contributed by atoms with E-state index in [4.69, 9.17) is 33.2 Å². The molecule has 0 aromatic heterocycles. The summed E-state index contributed by atoms with van der Waals surface area (Å²) in [7, 11) is 0. The average molecular weight is 248 g/mol. The highest BCUT2D eigenvalue weighted by Crippen LogP contribution is 2.21. The molecule has 0 saturated heterocycles. The quantitative estimate of drug-likeness (QED) is 0.550. The Morgan fingerprint density at radius 2 is 1.64 bits per heavy atom. The molecule has 0 aromatic carbocycles. The SMILES string of the molecule is FC(F)(F)COC[Si](Cl)(Cl)Cl. The molecule has 0 amide bonds. The van der Waals surface area contributed by atoms with E-state index >= 15 is 0 Å². The molecule has 68 valence electrons. The Morgan fingerprint density at radius 1 is 1.18 bits per heavy atom. The minimum absolute atomic E-state index is 0.433. The largest absolute Gasteiger partial charge is 0.411 e. The van der Waals surface area contributed by atoms with Crippen molar-refractivity contribution in [3.05, 3.63) is 0 Å². The number of ether oxygens (including phenoxy) is 1. The minimum atomic E-state index is -4.36. The monoisotopic (exact) mass is 246 g/mol. The van der Waals surface area contributed by atoms with Crippen LogP contribution in [0.25, 0.3) is 0 Å². The van der Waals surface area contributed by atoms with Gasteiger partial charge in [0.25, 0.3) is 0 Å². The Kier molecular flexibility index (Phi) is 4.50. The molecule has 0 radical (unpaired) electrons. The number of rotatable bonds is 3. The number of halogens is 6. The van der Waals surface area contributed by atoms with Crippen LogP contribution in [0.15, 0.2) is 0 Å². The van der Waals surface area contributed by atoms with Crippen LogP contribution in [-0.4, -0.2) is 25.0 Å². The summed E-state index contributed by atoms with van der Waals surface area (Å²) in [6.45, 7) is -1.37. The molecule has 0 aromatic rings. The molecule has 0 atom stereocenters. The van der Waals surface area contributed by atoms with E-state index in [0.717, 1.165) is 0 Å². The Bertz CT molecular complexity index is 108. The Labute approximate surface area is 76.5 Å². The van der Waals surface area contributed by atoms with E-state index in [0.29, 0.717) is 0 Å². The zero-order valence-electron chi connectivity index (χ0n) is 5.09. The van der Waals surface area contributed by atoms with Gasteiger partial charge in [0.05, 0.1) is 6.23 Å². The number of hydrogen-bond donors (Lipinski definition) is 0. The molecule has 8 heteroatoms. The van der Waals surface area contributed by atoms with Gasteiger partial charge in [-0.05, 0) is 0 Å². The summed E-state index contributed by atoms with van der Waals surface area (Å²) >= 11 is 15.7. The van der Waals surface area contributed by atoms with Gasteiger partial charge in [-0.1, -0.05) is 0 Å². The zero-order chi connectivity index (χ0) is 9.12. The summed E-state index contributed by atoms with van der Waals surface area (Å²) in [6, 6.07) is -3.06. The van der Waals surface area contributed by atoms with Crippen LogP contribution < -0.4 is 0 Å². The second-order valence-corrected chi connectivity index (χ2v) is 10.8. The number of alkyl halides is 3. The third kappa shape index (κ3) is 10.8. The maximum Gasteiger partial charge on any atom is 0.411 e. The van der Waals surface area contributed by atoms with E-state index in [1.807, 2.05) is 0 Å². The molecule has 0 unspecified atom stereocenters. The highest BCUT2D eigenvalue weighted by molar-refractivity contribution is 7.64. The molecule has 0 rings (SSSR count). The first-order valence-corrected chi connectivity index (χ1v) is 7.66. The molecule has 0 bridgehead atoms. The molecule has 0 aliphatic rings. The molecule has 0 fully saturated rings. The summed E-state index contributed by atoms with van der Waals surface area (Å²) in [5.41, 5.74) is 0. The van der Waals surface area contributed by atoms with Crippen LogP contribution in [0, 0.1) is 0 Å². The third-order valence-electron chi connectivity index (χ3n) is 0.531. The lowest BCUT2D eigenvalue weighted by Gasteiger charge is -2.10. The predicted molar refractivity (Wildman–Crippen MR) is 40.2 cm³/mol. The van der Waals surface area contributed by atoms with Gasteiger partial charge < -0.3 is 4.74 Å². The van der Waals surface area contributed by atoms with Crippen LogP contribution in [0.3, 0.4) is 0 Å². The average Bonchev–Trinajstić information content (AvgIpc) is 1.55. The molecule has 0 aliphatic carbocycles. The topological polar surface area (TPSA) is 9.23 Å². The van der Waals surface area contributed by atoms with E-state index in [9.17, 15) is 13.2 Å². The fourth-order valence-corrected chi connectivity index (χ4v) is 1.31. The molecule has 1 nitrogen and oxygen atoms in total. The van der Waals surface area contributed by atoms with Crippen molar-refractivity contribution in [3.8, 4) is 0 Å². The van der Waals surface area contributed by atoms with Crippen LogP contribution in [0.5, 0.6) is 0 Å². The standard InChI is InChI=1S/C3H4Cl3F3OSi/c4-11(5,6)2-10-1-3(7,8)9/h1-2H2. The summed E-state index contributed by atoms with van der Waals surface area (Å²) in [5, 5.41) is 0. The van der Waals surface area contributed by atoms with E-state index in [-0.39, 0.29) is 0 Å². The van der Waals surface area contributed by atoms with Crippen LogP contribution in [0.4, 0.5) is 13.2 Å². The van der Waals surface area contributed by atoms with Gasteiger partial charge in [-0.25, -0.2) is 0 Å². The molecular formula is C3H4Cl3F3OSi. The molecule has 0 spiro atoms. The van der Waals surface area contributed by atoms with Crippen molar-refractivity contribution < 1.29 is 17.9 Å². The molecular weight excluding hydrogens is 243 g/mol. The first-order valence-electron chi connectivity index (χ1n) is 2.42. The second kappa shape index (κ2) is 4.18. The van der Waals surface area contributed by atoms with Gasteiger partial charge >= 0.3 is 12.2 Å².